The molecule has 0 saturated carbocycles. The lowest BCUT2D eigenvalue weighted by Gasteiger charge is -2.38. The molecule has 0 bridgehead atoms. The Morgan fingerprint density at radius 1 is 1.13 bits per heavy atom. The third kappa shape index (κ3) is 4.09. The van der Waals surface area contributed by atoms with Gasteiger partial charge in [0.05, 0.1) is 12.6 Å². The minimum atomic E-state index is -2.12. The van der Waals surface area contributed by atoms with Gasteiger partial charge in [0, 0.05) is 13.1 Å². The van der Waals surface area contributed by atoms with E-state index in [0.717, 1.165) is 12.8 Å². The topological polar surface area (TPSA) is 98.9 Å². The normalized spacial score (nSPS) is 19.7. The largest absolute Gasteiger partial charge is 0.464 e. The molecule has 0 radical (unpaired) electrons. The Morgan fingerprint density at radius 3 is 2.04 bits per heavy atom. The van der Waals surface area contributed by atoms with Crippen molar-refractivity contribution in [3.05, 3.63) is 0 Å². The summed E-state index contributed by atoms with van der Waals surface area (Å²) in [5.41, 5.74) is 2.78. The van der Waals surface area contributed by atoms with Gasteiger partial charge in [-0.25, -0.2) is 9.59 Å². The van der Waals surface area contributed by atoms with E-state index in [2.05, 4.69) is 0 Å². The zero-order valence-corrected chi connectivity index (χ0v) is 14.7. The van der Waals surface area contributed by atoms with E-state index in [4.69, 9.17) is 15.2 Å². The summed E-state index contributed by atoms with van der Waals surface area (Å²) >= 11 is 0. The Morgan fingerprint density at radius 2 is 1.65 bits per heavy atom. The third-order valence-corrected chi connectivity index (χ3v) is 3.62. The number of Topliss-reactive ketones (excluding diaryl/α,β-unsaturated/α-hetero) is 1. The molecule has 0 spiro atoms. The van der Waals surface area contributed by atoms with Crippen molar-refractivity contribution in [2.24, 2.45) is 5.73 Å². The maximum absolute atomic E-state index is 12.9. The van der Waals surface area contributed by atoms with E-state index in [1.54, 1.807) is 32.6 Å². The standard InChI is InChI=1S/C16H28N2O5/c1-6-22-13(20)16(12(19)11(2)17,18-9-7-8-10-18)14(21)23-15(3,4)5/h11H,6-10,17H2,1-5H3/t11-,16-/m0/s1. The zero-order valence-electron chi connectivity index (χ0n) is 14.7. The summed E-state index contributed by atoms with van der Waals surface area (Å²) in [4.78, 5) is 39.9. The van der Waals surface area contributed by atoms with Crippen molar-refractivity contribution in [2.45, 2.75) is 64.6 Å². The lowest BCUT2D eigenvalue weighted by Crippen LogP contribution is -2.69. The number of likely N-dealkylation sites (tertiary alicyclic amines) is 1. The van der Waals surface area contributed by atoms with Crippen molar-refractivity contribution >= 4 is 17.7 Å². The molecule has 1 heterocycles. The third-order valence-electron chi connectivity index (χ3n) is 3.62. The van der Waals surface area contributed by atoms with Crippen molar-refractivity contribution in [1.29, 1.82) is 0 Å². The fourth-order valence-electron chi connectivity index (χ4n) is 2.67. The van der Waals surface area contributed by atoms with E-state index < -0.39 is 34.9 Å². The van der Waals surface area contributed by atoms with Gasteiger partial charge in [0.15, 0.2) is 5.78 Å². The van der Waals surface area contributed by atoms with E-state index in [9.17, 15) is 14.4 Å². The van der Waals surface area contributed by atoms with Gasteiger partial charge in [0.25, 0.3) is 5.54 Å². The van der Waals surface area contributed by atoms with Crippen molar-refractivity contribution in [2.75, 3.05) is 19.7 Å². The minimum absolute atomic E-state index is 0.0590. The first-order valence-corrected chi connectivity index (χ1v) is 8.03. The predicted octanol–water partition coefficient (Wildman–Crippen LogP) is 0.642. The minimum Gasteiger partial charge on any atom is -0.464 e. The highest BCUT2D eigenvalue weighted by molar-refractivity contribution is 6.26. The van der Waals surface area contributed by atoms with Gasteiger partial charge in [-0.2, -0.15) is 0 Å². The van der Waals surface area contributed by atoms with Crippen LogP contribution in [0, 0.1) is 0 Å². The Bertz CT molecular complexity index is 464. The van der Waals surface area contributed by atoms with Crippen LogP contribution in [0.4, 0.5) is 0 Å². The number of ether oxygens (including phenoxy) is 2. The first-order chi connectivity index (χ1) is 10.6. The van der Waals surface area contributed by atoms with Crippen molar-refractivity contribution in [3.63, 3.8) is 0 Å². The Hall–Kier alpha value is -1.47. The van der Waals surface area contributed by atoms with Crippen LogP contribution in [-0.4, -0.2) is 59.5 Å². The van der Waals surface area contributed by atoms with Crippen LogP contribution < -0.4 is 5.73 Å². The molecule has 2 N–H and O–H groups in total. The van der Waals surface area contributed by atoms with Gasteiger partial charge in [0.1, 0.15) is 5.60 Å². The van der Waals surface area contributed by atoms with Gasteiger partial charge in [-0.3, -0.25) is 9.69 Å². The smallest absolute Gasteiger partial charge is 0.346 e. The highest BCUT2D eigenvalue weighted by Crippen LogP contribution is 2.29. The van der Waals surface area contributed by atoms with Crippen LogP contribution >= 0.6 is 0 Å². The highest BCUT2D eigenvalue weighted by atomic mass is 16.6. The zero-order chi connectivity index (χ0) is 17.8. The van der Waals surface area contributed by atoms with Crippen LogP contribution in [-0.2, 0) is 23.9 Å². The van der Waals surface area contributed by atoms with E-state index in [1.165, 1.54) is 6.92 Å². The summed E-state index contributed by atoms with van der Waals surface area (Å²) in [6.45, 7) is 9.06. The van der Waals surface area contributed by atoms with Gasteiger partial charge in [-0.05, 0) is 47.5 Å². The molecule has 2 atom stereocenters. The van der Waals surface area contributed by atoms with Gasteiger partial charge >= 0.3 is 11.9 Å². The molecule has 0 amide bonds. The van der Waals surface area contributed by atoms with Crippen molar-refractivity contribution < 1.29 is 23.9 Å². The van der Waals surface area contributed by atoms with E-state index >= 15 is 0 Å². The maximum atomic E-state index is 12.9. The average molecular weight is 328 g/mol. The summed E-state index contributed by atoms with van der Waals surface area (Å²) in [5, 5.41) is 0. The lowest BCUT2D eigenvalue weighted by atomic mass is 9.87. The SMILES string of the molecule is CCOC(=O)[C@](C(=O)OC(C)(C)C)(C(=O)[C@H](C)N)N1CCCC1. The van der Waals surface area contributed by atoms with Crippen LogP contribution in [0.3, 0.4) is 0 Å². The molecule has 0 unspecified atom stereocenters. The molecule has 7 nitrogen and oxygen atoms in total. The van der Waals surface area contributed by atoms with Gasteiger partial charge < -0.3 is 15.2 Å². The Labute approximate surface area is 137 Å². The average Bonchev–Trinajstić information content (AvgIpc) is 2.91. The molecule has 0 aromatic rings. The molecule has 1 rings (SSSR count). The number of carbonyl (C=O) groups excluding carboxylic acids is 3. The summed E-state index contributed by atoms with van der Waals surface area (Å²) in [5.74, 6) is -2.50. The van der Waals surface area contributed by atoms with Crippen molar-refractivity contribution in [3.8, 4) is 0 Å². The number of nitrogens with zero attached hydrogens (tertiary/aromatic N) is 1. The van der Waals surface area contributed by atoms with Crippen LogP contribution in [0.1, 0.15) is 47.5 Å². The van der Waals surface area contributed by atoms with Crippen molar-refractivity contribution in [1.82, 2.24) is 4.90 Å². The molecule has 1 aliphatic heterocycles. The lowest BCUT2D eigenvalue weighted by molar-refractivity contribution is -0.183. The van der Waals surface area contributed by atoms with E-state index in [-0.39, 0.29) is 6.61 Å². The predicted molar refractivity (Wildman–Crippen MR) is 84.7 cm³/mol. The molecule has 132 valence electrons. The number of esters is 2. The first-order valence-electron chi connectivity index (χ1n) is 8.03. The van der Waals surface area contributed by atoms with E-state index in [1.807, 2.05) is 0 Å². The molecule has 1 aliphatic rings. The molecule has 0 aromatic heterocycles. The van der Waals surface area contributed by atoms with Crippen LogP contribution in [0.25, 0.3) is 0 Å². The number of rotatable bonds is 6. The van der Waals surface area contributed by atoms with E-state index in [0.29, 0.717) is 13.1 Å². The Kier molecular flexibility index (Phi) is 6.30. The fourth-order valence-corrected chi connectivity index (χ4v) is 2.67. The van der Waals surface area contributed by atoms with Gasteiger partial charge in [-0.15, -0.1) is 0 Å². The van der Waals surface area contributed by atoms with Gasteiger partial charge in [-0.1, -0.05) is 0 Å². The molecule has 1 saturated heterocycles. The second-order valence-electron chi connectivity index (χ2n) is 6.78. The molecular weight excluding hydrogens is 300 g/mol. The van der Waals surface area contributed by atoms with Crippen LogP contribution in [0.5, 0.6) is 0 Å². The summed E-state index contributed by atoms with van der Waals surface area (Å²) < 4.78 is 10.5. The molecule has 0 aromatic carbocycles. The molecule has 7 heteroatoms. The second-order valence-corrected chi connectivity index (χ2v) is 6.78. The van der Waals surface area contributed by atoms with Crippen LogP contribution in [0.2, 0.25) is 0 Å². The summed E-state index contributed by atoms with van der Waals surface area (Å²) in [7, 11) is 0. The number of hydrogen-bond donors (Lipinski definition) is 1. The molecule has 0 aliphatic carbocycles. The monoisotopic (exact) mass is 328 g/mol. The maximum Gasteiger partial charge on any atom is 0.346 e. The quantitative estimate of drug-likeness (QED) is 0.564. The van der Waals surface area contributed by atoms with Gasteiger partial charge in [0.2, 0.25) is 0 Å². The highest BCUT2D eigenvalue weighted by Gasteiger charge is 2.61. The number of ketones is 1. The molecule has 23 heavy (non-hydrogen) atoms. The first kappa shape index (κ1) is 19.6. The number of carbonyl (C=O) groups is 3. The number of nitrogens with two attached hydrogens (primary N) is 1. The summed E-state index contributed by atoms with van der Waals surface area (Å²) in [6, 6.07) is -0.993. The van der Waals surface area contributed by atoms with Crippen LogP contribution in [0.15, 0.2) is 0 Å². The molecule has 1 fully saturated rings. The molecular formula is C16H28N2O5. The fraction of sp³-hybridized carbons (Fsp3) is 0.812. The Balaban J connectivity index is 3.41. The summed E-state index contributed by atoms with van der Waals surface area (Å²) in [6.07, 6.45) is 1.58. The second kappa shape index (κ2) is 7.40. The number of hydrogen-bond acceptors (Lipinski definition) is 7.